The van der Waals surface area contributed by atoms with Crippen molar-refractivity contribution < 1.29 is 13.2 Å². The zero-order valence-corrected chi connectivity index (χ0v) is 12.1. The average Bonchev–Trinajstić information content (AvgIpc) is 2.37. The van der Waals surface area contributed by atoms with E-state index in [1.807, 2.05) is 0 Å². The van der Waals surface area contributed by atoms with E-state index in [1.54, 1.807) is 4.90 Å². The van der Waals surface area contributed by atoms with Crippen LogP contribution in [-0.2, 0) is 14.8 Å². The van der Waals surface area contributed by atoms with Gasteiger partial charge in [0.15, 0.2) is 0 Å². The van der Waals surface area contributed by atoms with Gasteiger partial charge in [-0.3, -0.25) is 4.79 Å². The lowest BCUT2D eigenvalue weighted by Crippen LogP contribution is -2.43. The summed E-state index contributed by atoms with van der Waals surface area (Å²) in [4.78, 5) is 13.5. The van der Waals surface area contributed by atoms with Gasteiger partial charge in [0.2, 0.25) is 15.9 Å². The Morgan fingerprint density at radius 2 is 1.83 bits per heavy atom. The van der Waals surface area contributed by atoms with E-state index in [9.17, 15) is 13.2 Å². The fourth-order valence-corrected chi connectivity index (χ4v) is 3.15. The van der Waals surface area contributed by atoms with Crippen molar-refractivity contribution in [3.8, 4) is 0 Å². The fraction of sp³-hybridized carbons (Fsp3) is 0.909. The standard InChI is InChI=1S/C11H21ClN2O3S/c12-6-2-5-9-18(16,17)13-10-11(15)14-7-3-1-4-8-14/h13H,1-10H2. The molecule has 0 aliphatic carbocycles. The summed E-state index contributed by atoms with van der Waals surface area (Å²) in [5.41, 5.74) is 0. The van der Waals surface area contributed by atoms with Crippen LogP contribution in [0.25, 0.3) is 0 Å². The van der Waals surface area contributed by atoms with Crippen LogP contribution in [0.4, 0.5) is 0 Å². The van der Waals surface area contributed by atoms with E-state index in [4.69, 9.17) is 11.6 Å². The Balaban J connectivity index is 2.27. The monoisotopic (exact) mass is 296 g/mol. The molecule has 1 rings (SSSR count). The van der Waals surface area contributed by atoms with Gasteiger partial charge in [0.05, 0.1) is 12.3 Å². The van der Waals surface area contributed by atoms with Crippen molar-refractivity contribution in [1.29, 1.82) is 0 Å². The molecule has 1 fully saturated rings. The molecule has 0 aromatic heterocycles. The van der Waals surface area contributed by atoms with Gasteiger partial charge in [-0.2, -0.15) is 0 Å². The summed E-state index contributed by atoms with van der Waals surface area (Å²) in [7, 11) is -3.34. The average molecular weight is 297 g/mol. The van der Waals surface area contributed by atoms with Crippen LogP contribution in [0.15, 0.2) is 0 Å². The predicted octanol–water partition coefficient (Wildman–Crippen LogP) is 0.937. The minimum atomic E-state index is -3.34. The number of amides is 1. The van der Waals surface area contributed by atoms with Crippen molar-refractivity contribution in [3.05, 3.63) is 0 Å². The molecule has 18 heavy (non-hydrogen) atoms. The van der Waals surface area contributed by atoms with Crippen molar-refractivity contribution in [1.82, 2.24) is 9.62 Å². The highest BCUT2D eigenvalue weighted by molar-refractivity contribution is 7.89. The molecule has 0 unspecified atom stereocenters. The number of carbonyl (C=O) groups is 1. The van der Waals surface area contributed by atoms with Crippen molar-refractivity contribution in [2.24, 2.45) is 0 Å². The molecular weight excluding hydrogens is 276 g/mol. The number of halogens is 1. The summed E-state index contributed by atoms with van der Waals surface area (Å²) in [6.07, 6.45) is 4.36. The van der Waals surface area contributed by atoms with Gasteiger partial charge >= 0.3 is 0 Å². The number of carbonyl (C=O) groups excluding carboxylic acids is 1. The number of rotatable bonds is 7. The van der Waals surface area contributed by atoms with Gasteiger partial charge in [-0.25, -0.2) is 13.1 Å². The van der Waals surface area contributed by atoms with Crippen molar-refractivity contribution in [2.45, 2.75) is 32.1 Å². The molecule has 0 bridgehead atoms. The number of nitrogens with one attached hydrogen (secondary N) is 1. The van der Waals surface area contributed by atoms with Gasteiger partial charge in [0.25, 0.3) is 0 Å². The predicted molar refractivity (Wildman–Crippen MR) is 72.2 cm³/mol. The largest absolute Gasteiger partial charge is 0.342 e. The number of piperidine rings is 1. The first-order valence-corrected chi connectivity index (χ1v) is 8.55. The number of alkyl halides is 1. The Morgan fingerprint density at radius 3 is 2.44 bits per heavy atom. The lowest BCUT2D eigenvalue weighted by Gasteiger charge is -2.26. The number of sulfonamides is 1. The fourth-order valence-electron chi connectivity index (χ4n) is 1.89. The zero-order chi connectivity index (χ0) is 13.4. The number of nitrogens with zero attached hydrogens (tertiary/aromatic N) is 1. The van der Waals surface area contributed by atoms with Crippen molar-refractivity contribution in [2.75, 3.05) is 31.3 Å². The van der Waals surface area contributed by atoms with Gasteiger partial charge < -0.3 is 4.90 Å². The maximum atomic E-state index is 11.8. The van der Waals surface area contributed by atoms with E-state index >= 15 is 0 Å². The number of unbranched alkanes of at least 4 members (excludes halogenated alkanes) is 1. The third kappa shape index (κ3) is 6.02. The molecule has 106 valence electrons. The van der Waals surface area contributed by atoms with Crippen LogP contribution >= 0.6 is 11.6 Å². The second kappa shape index (κ2) is 7.96. The minimum absolute atomic E-state index is 0.0347. The zero-order valence-electron chi connectivity index (χ0n) is 10.5. The Morgan fingerprint density at radius 1 is 1.17 bits per heavy atom. The first-order valence-electron chi connectivity index (χ1n) is 6.36. The topological polar surface area (TPSA) is 66.5 Å². The first-order chi connectivity index (χ1) is 8.55. The maximum absolute atomic E-state index is 11.8. The molecule has 0 atom stereocenters. The van der Waals surface area contributed by atoms with Crippen LogP contribution in [-0.4, -0.2) is 50.5 Å². The summed E-state index contributed by atoms with van der Waals surface area (Å²) in [5.74, 6) is 0.366. The SMILES string of the molecule is O=C(CNS(=O)(=O)CCCCCl)N1CCCCC1. The lowest BCUT2D eigenvalue weighted by molar-refractivity contribution is -0.130. The van der Waals surface area contributed by atoms with E-state index in [2.05, 4.69) is 4.72 Å². The molecule has 0 spiro atoms. The molecule has 1 saturated heterocycles. The summed E-state index contributed by atoms with van der Waals surface area (Å²) in [6.45, 7) is 1.36. The van der Waals surface area contributed by atoms with Gasteiger partial charge in [0.1, 0.15) is 0 Å². The van der Waals surface area contributed by atoms with Crippen LogP contribution in [0.3, 0.4) is 0 Å². The number of hydrogen-bond donors (Lipinski definition) is 1. The van der Waals surface area contributed by atoms with E-state index < -0.39 is 10.0 Å². The van der Waals surface area contributed by atoms with Gasteiger partial charge in [-0.1, -0.05) is 0 Å². The molecule has 7 heteroatoms. The molecule has 1 aliphatic heterocycles. The number of likely N-dealkylation sites (tertiary alicyclic amines) is 1. The van der Waals surface area contributed by atoms with Gasteiger partial charge in [-0.15, -0.1) is 11.6 Å². The minimum Gasteiger partial charge on any atom is -0.342 e. The summed E-state index contributed by atoms with van der Waals surface area (Å²) in [6, 6.07) is 0. The van der Waals surface area contributed by atoms with E-state index in [0.29, 0.717) is 18.7 Å². The Bertz CT molecular complexity index is 353. The third-order valence-electron chi connectivity index (χ3n) is 2.95. The highest BCUT2D eigenvalue weighted by Crippen LogP contribution is 2.08. The van der Waals surface area contributed by atoms with Crippen LogP contribution < -0.4 is 4.72 Å². The third-order valence-corrected chi connectivity index (χ3v) is 4.63. The summed E-state index contributed by atoms with van der Waals surface area (Å²) in [5, 5.41) is 0. The van der Waals surface area contributed by atoms with Crippen molar-refractivity contribution >= 4 is 27.5 Å². The van der Waals surface area contributed by atoms with Gasteiger partial charge in [-0.05, 0) is 32.1 Å². The molecule has 1 amide bonds. The quantitative estimate of drug-likeness (QED) is 0.561. The second-order valence-corrected chi connectivity index (χ2v) is 6.78. The molecule has 5 nitrogen and oxygen atoms in total. The summed E-state index contributed by atoms with van der Waals surface area (Å²) >= 11 is 5.48. The molecule has 0 aromatic rings. The molecule has 0 aromatic carbocycles. The smallest absolute Gasteiger partial charge is 0.237 e. The highest BCUT2D eigenvalue weighted by Gasteiger charge is 2.18. The Kier molecular flexibility index (Phi) is 6.96. The molecular formula is C11H21ClN2O3S. The van der Waals surface area contributed by atoms with E-state index in [-0.39, 0.29) is 18.2 Å². The van der Waals surface area contributed by atoms with E-state index in [0.717, 1.165) is 32.4 Å². The maximum Gasteiger partial charge on any atom is 0.237 e. The molecule has 0 radical (unpaired) electrons. The Labute approximate surface area is 114 Å². The first kappa shape index (κ1) is 15.7. The van der Waals surface area contributed by atoms with Crippen molar-refractivity contribution in [3.63, 3.8) is 0 Å². The summed E-state index contributed by atoms with van der Waals surface area (Å²) < 4.78 is 25.5. The molecule has 0 saturated carbocycles. The Hall–Kier alpha value is -0.330. The second-order valence-electron chi connectivity index (χ2n) is 4.48. The lowest BCUT2D eigenvalue weighted by atomic mass is 10.1. The van der Waals surface area contributed by atoms with Crippen LogP contribution in [0.1, 0.15) is 32.1 Å². The highest BCUT2D eigenvalue weighted by atomic mass is 35.5. The molecule has 1 N–H and O–H groups in total. The van der Waals surface area contributed by atoms with E-state index in [1.165, 1.54) is 0 Å². The van der Waals surface area contributed by atoms with Gasteiger partial charge in [0, 0.05) is 19.0 Å². The van der Waals surface area contributed by atoms with Crippen LogP contribution in [0.5, 0.6) is 0 Å². The molecule has 1 heterocycles. The number of hydrogen-bond acceptors (Lipinski definition) is 3. The molecule has 1 aliphatic rings. The van der Waals surface area contributed by atoms with Crippen LogP contribution in [0, 0.1) is 0 Å². The van der Waals surface area contributed by atoms with Crippen LogP contribution in [0.2, 0.25) is 0 Å². The normalized spacial score (nSPS) is 16.8.